The molecule has 77 heavy (non-hydrogen) atoms. The molecule has 0 aliphatic carbocycles. The number of unbranched alkanes of at least 4 members (excludes halogenated alkanes) is 44. The first kappa shape index (κ1) is 74.4. The van der Waals surface area contributed by atoms with Gasteiger partial charge in [0.15, 0.2) is 6.10 Å². The molecule has 0 saturated carbocycles. The largest absolute Gasteiger partial charge is 0.462 e. The summed E-state index contributed by atoms with van der Waals surface area (Å²) >= 11 is 0. The Kier molecular flexibility index (Phi) is 63.6. The minimum atomic E-state index is -0.774. The average Bonchev–Trinajstić information content (AvgIpc) is 3.43. The number of allylic oxidation sites excluding steroid dienone is 8. The average molecular weight is 1080 g/mol. The number of ether oxygens (including phenoxy) is 3. The van der Waals surface area contributed by atoms with Crippen LogP contribution in [0.4, 0.5) is 0 Å². The Bertz CT molecular complexity index is 1330. The zero-order chi connectivity index (χ0) is 55.7. The van der Waals surface area contributed by atoms with E-state index in [1.54, 1.807) is 0 Å². The molecule has 0 radical (unpaired) electrons. The van der Waals surface area contributed by atoms with Crippen LogP contribution >= 0.6 is 0 Å². The first-order chi connectivity index (χ1) is 38.0. The van der Waals surface area contributed by atoms with E-state index in [2.05, 4.69) is 69.4 Å². The van der Waals surface area contributed by atoms with Gasteiger partial charge in [0, 0.05) is 19.3 Å². The maximum atomic E-state index is 12.9. The van der Waals surface area contributed by atoms with E-state index in [1.165, 1.54) is 250 Å². The van der Waals surface area contributed by atoms with Gasteiger partial charge < -0.3 is 14.2 Å². The van der Waals surface area contributed by atoms with Crippen molar-refractivity contribution < 1.29 is 28.6 Å². The zero-order valence-corrected chi connectivity index (χ0v) is 51.7. The minimum absolute atomic E-state index is 0.0714. The molecule has 0 fully saturated rings. The second-order valence-corrected chi connectivity index (χ2v) is 23.1. The fraction of sp³-hybridized carbons (Fsp3) is 0.845. The predicted octanol–water partition coefficient (Wildman–Crippen LogP) is 23.3. The van der Waals surface area contributed by atoms with E-state index in [-0.39, 0.29) is 31.1 Å². The topological polar surface area (TPSA) is 78.9 Å². The standard InChI is InChI=1S/C71H130O6/c1-4-7-10-13-16-19-22-24-26-28-29-30-31-32-33-34-35-36-37-38-39-40-41-43-44-46-49-52-55-58-61-64-70(73)76-67-68(66-75-69(72)63-60-57-54-51-48-21-18-15-12-9-6-3)77-71(74)65-62-59-56-53-50-47-45-42-27-25-23-20-17-14-11-8-5-2/h17,20,22,24-25,27-29,68H,4-16,18-19,21,23,26,30-67H2,1-3H3/b20-17-,24-22-,27-25-,29-28-. The number of rotatable bonds is 63. The van der Waals surface area contributed by atoms with Crippen LogP contribution in [0, 0.1) is 0 Å². The summed E-state index contributed by atoms with van der Waals surface area (Å²) in [5.74, 6) is -0.857. The Hall–Kier alpha value is -2.63. The first-order valence-corrected chi connectivity index (χ1v) is 34.1. The molecule has 6 nitrogen and oxygen atoms in total. The van der Waals surface area contributed by atoms with Gasteiger partial charge in [-0.2, -0.15) is 0 Å². The van der Waals surface area contributed by atoms with Gasteiger partial charge in [-0.3, -0.25) is 14.4 Å². The first-order valence-electron chi connectivity index (χ1n) is 34.1. The van der Waals surface area contributed by atoms with Gasteiger partial charge in [0.05, 0.1) is 0 Å². The van der Waals surface area contributed by atoms with Crippen LogP contribution in [0.3, 0.4) is 0 Å². The highest BCUT2D eigenvalue weighted by Gasteiger charge is 2.19. The van der Waals surface area contributed by atoms with Crippen LogP contribution in [-0.4, -0.2) is 37.2 Å². The third-order valence-electron chi connectivity index (χ3n) is 15.3. The second kappa shape index (κ2) is 65.9. The minimum Gasteiger partial charge on any atom is -0.462 e. The third-order valence-corrected chi connectivity index (χ3v) is 15.3. The Morgan fingerprint density at radius 1 is 0.260 bits per heavy atom. The summed E-state index contributed by atoms with van der Waals surface area (Å²) in [6.45, 7) is 6.64. The summed E-state index contributed by atoms with van der Waals surface area (Å²) in [4.78, 5) is 38.3. The summed E-state index contributed by atoms with van der Waals surface area (Å²) < 4.78 is 16.9. The van der Waals surface area contributed by atoms with Crippen molar-refractivity contribution in [1.82, 2.24) is 0 Å². The summed E-state index contributed by atoms with van der Waals surface area (Å²) in [7, 11) is 0. The molecule has 1 atom stereocenters. The van der Waals surface area contributed by atoms with Gasteiger partial charge in [-0.15, -0.1) is 0 Å². The van der Waals surface area contributed by atoms with Crippen molar-refractivity contribution in [3.63, 3.8) is 0 Å². The second-order valence-electron chi connectivity index (χ2n) is 23.1. The normalized spacial score (nSPS) is 12.3. The number of hydrogen-bond acceptors (Lipinski definition) is 6. The van der Waals surface area contributed by atoms with Gasteiger partial charge in [-0.05, 0) is 83.5 Å². The van der Waals surface area contributed by atoms with Gasteiger partial charge in [0.25, 0.3) is 0 Å². The van der Waals surface area contributed by atoms with E-state index in [4.69, 9.17) is 14.2 Å². The smallest absolute Gasteiger partial charge is 0.306 e. The molecule has 1 unspecified atom stereocenters. The molecule has 0 aromatic heterocycles. The van der Waals surface area contributed by atoms with E-state index >= 15 is 0 Å². The van der Waals surface area contributed by atoms with Crippen LogP contribution in [0.2, 0.25) is 0 Å². The number of carbonyl (C=O) groups excluding carboxylic acids is 3. The van der Waals surface area contributed by atoms with Gasteiger partial charge in [0.2, 0.25) is 0 Å². The van der Waals surface area contributed by atoms with Crippen molar-refractivity contribution in [2.45, 2.75) is 374 Å². The van der Waals surface area contributed by atoms with Gasteiger partial charge in [-0.25, -0.2) is 0 Å². The Labute approximate surface area is 479 Å². The Balaban J connectivity index is 4.12. The summed E-state index contributed by atoms with van der Waals surface area (Å²) in [5, 5.41) is 0. The molecule has 0 aliphatic heterocycles. The highest BCUT2D eigenvalue weighted by Crippen LogP contribution is 2.18. The van der Waals surface area contributed by atoms with Crippen molar-refractivity contribution >= 4 is 17.9 Å². The highest BCUT2D eigenvalue weighted by atomic mass is 16.6. The Morgan fingerprint density at radius 2 is 0.468 bits per heavy atom. The van der Waals surface area contributed by atoms with Crippen molar-refractivity contribution in [3.8, 4) is 0 Å². The van der Waals surface area contributed by atoms with Crippen molar-refractivity contribution in [2.75, 3.05) is 13.2 Å². The van der Waals surface area contributed by atoms with Crippen LogP contribution in [0.15, 0.2) is 48.6 Å². The van der Waals surface area contributed by atoms with Gasteiger partial charge in [0.1, 0.15) is 13.2 Å². The quantitative estimate of drug-likeness (QED) is 0.0261. The molecule has 0 rings (SSSR count). The van der Waals surface area contributed by atoms with Gasteiger partial charge in [-0.1, -0.05) is 313 Å². The molecule has 0 amide bonds. The van der Waals surface area contributed by atoms with Crippen molar-refractivity contribution in [1.29, 1.82) is 0 Å². The molecule has 0 aliphatic rings. The zero-order valence-electron chi connectivity index (χ0n) is 51.7. The monoisotopic (exact) mass is 1080 g/mol. The van der Waals surface area contributed by atoms with Crippen molar-refractivity contribution in [2.24, 2.45) is 0 Å². The number of carbonyl (C=O) groups is 3. The summed E-state index contributed by atoms with van der Waals surface area (Å²) in [6, 6.07) is 0. The SMILES string of the molecule is CCCCC/C=C\C/C=C\CCCCCCCCCC(=O)OC(COC(=O)CCCCCCCCCCCCC)COC(=O)CCCCCCCCCCCCCCCCCCCCC/C=C\C/C=C\CCCCCCC. The maximum absolute atomic E-state index is 12.9. The third kappa shape index (κ3) is 64.1. The fourth-order valence-corrected chi connectivity index (χ4v) is 10.2. The number of esters is 3. The molecule has 0 saturated heterocycles. The van der Waals surface area contributed by atoms with E-state index < -0.39 is 6.10 Å². The summed E-state index contributed by atoms with van der Waals surface area (Å²) in [5.41, 5.74) is 0. The van der Waals surface area contributed by atoms with Gasteiger partial charge >= 0.3 is 17.9 Å². The lowest BCUT2D eigenvalue weighted by Gasteiger charge is -2.18. The van der Waals surface area contributed by atoms with E-state index in [1.807, 2.05) is 0 Å². The van der Waals surface area contributed by atoms with E-state index in [0.717, 1.165) is 77.0 Å². The van der Waals surface area contributed by atoms with Crippen LogP contribution in [0.5, 0.6) is 0 Å². The highest BCUT2D eigenvalue weighted by molar-refractivity contribution is 5.71. The molecule has 0 spiro atoms. The number of hydrogen-bond donors (Lipinski definition) is 0. The van der Waals surface area contributed by atoms with Crippen LogP contribution in [-0.2, 0) is 28.6 Å². The molecule has 0 aromatic carbocycles. The Morgan fingerprint density at radius 3 is 0.740 bits per heavy atom. The van der Waals surface area contributed by atoms with Crippen molar-refractivity contribution in [3.05, 3.63) is 48.6 Å². The molecule has 0 N–H and O–H groups in total. The van der Waals surface area contributed by atoms with Crippen LogP contribution in [0.1, 0.15) is 367 Å². The van der Waals surface area contributed by atoms with Crippen LogP contribution in [0.25, 0.3) is 0 Å². The lowest BCUT2D eigenvalue weighted by atomic mass is 10.0. The molecule has 6 heteroatoms. The van der Waals surface area contributed by atoms with Crippen LogP contribution < -0.4 is 0 Å². The molecule has 450 valence electrons. The molecular weight excluding hydrogens is 949 g/mol. The van der Waals surface area contributed by atoms with E-state index in [0.29, 0.717) is 19.3 Å². The molecule has 0 aromatic rings. The lowest BCUT2D eigenvalue weighted by Crippen LogP contribution is -2.30. The lowest BCUT2D eigenvalue weighted by molar-refractivity contribution is -0.167. The molecule has 0 bridgehead atoms. The fourth-order valence-electron chi connectivity index (χ4n) is 10.2. The molecular formula is C71H130O6. The predicted molar refractivity (Wildman–Crippen MR) is 335 cm³/mol. The maximum Gasteiger partial charge on any atom is 0.306 e. The van der Waals surface area contributed by atoms with E-state index in [9.17, 15) is 14.4 Å². The molecule has 0 heterocycles. The summed E-state index contributed by atoms with van der Waals surface area (Å²) in [6.07, 6.45) is 82.9.